The van der Waals surface area contributed by atoms with Crippen molar-refractivity contribution in [2.45, 2.75) is 4.90 Å². The highest BCUT2D eigenvalue weighted by Gasteiger charge is 2.23. The average molecular weight is 341 g/mol. The molecule has 0 unspecified atom stereocenters. The lowest BCUT2D eigenvalue weighted by molar-refractivity contribution is 0.594. The number of anilines is 1. The maximum atomic E-state index is 12.6. The van der Waals surface area contributed by atoms with Gasteiger partial charge >= 0.3 is 0 Å². The first-order chi connectivity index (χ1) is 9.84. The third-order valence-electron chi connectivity index (χ3n) is 2.96. The second kappa shape index (κ2) is 6.01. The van der Waals surface area contributed by atoms with E-state index in [0.29, 0.717) is 16.3 Å². The van der Waals surface area contributed by atoms with Gasteiger partial charge in [-0.3, -0.25) is 4.31 Å². The summed E-state index contributed by atoms with van der Waals surface area (Å²) in [5, 5.41) is 0.354. The van der Waals surface area contributed by atoms with Gasteiger partial charge in [0.25, 0.3) is 10.0 Å². The number of hydrogen-bond donors (Lipinski definition) is 1. The van der Waals surface area contributed by atoms with E-state index in [2.05, 4.69) is 0 Å². The lowest BCUT2D eigenvalue weighted by Crippen LogP contribution is -2.28. The van der Waals surface area contributed by atoms with Gasteiger partial charge in [-0.1, -0.05) is 42.0 Å². The van der Waals surface area contributed by atoms with Crippen molar-refractivity contribution in [1.82, 2.24) is 0 Å². The minimum atomic E-state index is -3.74. The molecule has 0 bridgehead atoms. The van der Waals surface area contributed by atoms with Crippen LogP contribution in [0.25, 0.3) is 0 Å². The molecule has 110 valence electrons. The monoisotopic (exact) mass is 340 g/mol. The molecule has 0 spiro atoms. The Morgan fingerprint density at radius 2 is 1.86 bits per heavy atom. The van der Waals surface area contributed by atoms with Gasteiger partial charge in [0, 0.05) is 17.6 Å². The molecule has 21 heavy (non-hydrogen) atoms. The summed E-state index contributed by atoms with van der Waals surface area (Å²) in [6.45, 7) is 0. The number of sulfonamides is 1. The SMILES string of the molecule is CN(c1ccccc1C(N)=S)S(=O)(=O)c1cccc(Cl)c1. The van der Waals surface area contributed by atoms with Crippen molar-refractivity contribution < 1.29 is 8.42 Å². The molecule has 0 aliphatic rings. The van der Waals surface area contributed by atoms with Crippen molar-refractivity contribution in [2.75, 3.05) is 11.4 Å². The van der Waals surface area contributed by atoms with Gasteiger partial charge in [-0.25, -0.2) is 8.42 Å². The number of rotatable bonds is 4. The molecule has 0 aliphatic carbocycles. The molecule has 0 aromatic heterocycles. The van der Waals surface area contributed by atoms with Crippen LogP contribution < -0.4 is 10.0 Å². The highest BCUT2D eigenvalue weighted by Crippen LogP contribution is 2.26. The van der Waals surface area contributed by atoms with Gasteiger partial charge in [0.2, 0.25) is 0 Å². The maximum absolute atomic E-state index is 12.6. The van der Waals surface area contributed by atoms with Crippen LogP contribution in [0, 0.1) is 0 Å². The van der Waals surface area contributed by atoms with Crippen molar-refractivity contribution in [1.29, 1.82) is 0 Å². The number of hydrogen-bond acceptors (Lipinski definition) is 3. The molecule has 0 radical (unpaired) electrons. The molecule has 0 atom stereocenters. The Balaban J connectivity index is 2.54. The molecule has 0 aliphatic heterocycles. The topological polar surface area (TPSA) is 63.4 Å². The summed E-state index contributed by atoms with van der Waals surface area (Å²) in [7, 11) is -2.29. The molecule has 0 saturated heterocycles. The van der Waals surface area contributed by atoms with Crippen LogP contribution in [-0.2, 0) is 10.0 Å². The molecule has 2 aromatic carbocycles. The first kappa shape index (κ1) is 15.8. The highest BCUT2D eigenvalue weighted by molar-refractivity contribution is 7.92. The van der Waals surface area contributed by atoms with Crippen molar-refractivity contribution >= 4 is 44.5 Å². The second-order valence-electron chi connectivity index (χ2n) is 4.31. The fraction of sp³-hybridized carbons (Fsp3) is 0.0714. The Labute approximate surface area is 134 Å². The van der Waals surface area contributed by atoms with Crippen LogP contribution in [0.2, 0.25) is 5.02 Å². The second-order valence-corrected chi connectivity index (χ2v) is 7.16. The number of thiocarbonyl (C=S) groups is 1. The highest BCUT2D eigenvalue weighted by atomic mass is 35.5. The summed E-state index contributed by atoms with van der Waals surface area (Å²) in [4.78, 5) is 0.244. The molecule has 0 fully saturated rings. The molecule has 2 aromatic rings. The molecule has 0 amide bonds. The predicted octanol–water partition coefficient (Wildman–Crippen LogP) is 2.80. The number of benzene rings is 2. The van der Waals surface area contributed by atoms with E-state index in [1.54, 1.807) is 36.4 Å². The maximum Gasteiger partial charge on any atom is 0.264 e. The minimum absolute atomic E-state index is 0.107. The van der Waals surface area contributed by atoms with Gasteiger partial charge in [-0.2, -0.15) is 0 Å². The van der Waals surface area contributed by atoms with E-state index in [-0.39, 0.29) is 9.88 Å². The summed E-state index contributed by atoms with van der Waals surface area (Å²) >= 11 is 10.8. The van der Waals surface area contributed by atoms with Gasteiger partial charge < -0.3 is 5.73 Å². The van der Waals surface area contributed by atoms with Crippen molar-refractivity contribution in [3.8, 4) is 0 Å². The van der Waals surface area contributed by atoms with Gasteiger partial charge in [0.05, 0.1) is 10.6 Å². The van der Waals surface area contributed by atoms with E-state index in [0.717, 1.165) is 4.31 Å². The zero-order valence-corrected chi connectivity index (χ0v) is 13.5. The summed E-state index contributed by atoms with van der Waals surface area (Å²) in [6, 6.07) is 12.9. The summed E-state index contributed by atoms with van der Waals surface area (Å²) < 4.78 is 26.4. The summed E-state index contributed by atoms with van der Waals surface area (Å²) in [5.41, 5.74) is 6.57. The lowest BCUT2D eigenvalue weighted by atomic mass is 10.2. The first-order valence-corrected chi connectivity index (χ1v) is 8.20. The third-order valence-corrected chi connectivity index (χ3v) is 5.19. The molecule has 0 saturated carbocycles. The van der Waals surface area contributed by atoms with Gasteiger partial charge in [0.15, 0.2) is 0 Å². The lowest BCUT2D eigenvalue weighted by Gasteiger charge is -2.22. The Bertz CT molecular complexity index is 791. The summed E-state index contributed by atoms with van der Waals surface area (Å²) in [5.74, 6) is 0. The quantitative estimate of drug-likeness (QED) is 0.869. The number of halogens is 1. The standard InChI is InChI=1S/C14H13ClN2O2S2/c1-17(13-8-3-2-7-12(13)14(16)20)21(18,19)11-6-4-5-10(15)9-11/h2-9H,1H3,(H2,16,20). The summed E-state index contributed by atoms with van der Waals surface area (Å²) in [6.07, 6.45) is 0. The Morgan fingerprint density at radius 3 is 2.48 bits per heavy atom. The van der Waals surface area contributed by atoms with Crippen LogP contribution in [-0.4, -0.2) is 20.5 Å². The van der Waals surface area contributed by atoms with E-state index in [9.17, 15) is 8.42 Å². The smallest absolute Gasteiger partial charge is 0.264 e. The molecule has 7 heteroatoms. The van der Waals surface area contributed by atoms with Crippen LogP contribution in [0.4, 0.5) is 5.69 Å². The molecule has 0 heterocycles. The van der Waals surface area contributed by atoms with Crippen LogP contribution >= 0.6 is 23.8 Å². The average Bonchev–Trinajstić information content (AvgIpc) is 2.46. The number of nitrogens with two attached hydrogens (primary N) is 1. The minimum Gasteiger partial charge on any atom is -0.389 e. The zero-order chi connectivity index (χ0) is 15.6. The van der Waals surface area contributed by atoms with Gasteiger partial charge in [-0.15, -0.1) is 0 Å². The molecular weight excluding hydrogens is 328 g/mol. The first-order valence-electron chi connectivity index (χ1n) is 5.97. The fourth-order valence-electron chi connectivity index (χ4n) is 1.87. The fourth-order valence-corrected chi connectivity index (χ4v) is 3.56. The van der Waals surface area contributed by atoms with E-state index >= 15 is 0 Å². The molecule has 2 rings (SSSR count). The Kier molecular flexibility index (Phi) is 4.51. The van der Waals surface area contributed by atoms with Crippen LogP contribution in [0.15, 0.2) is 53.4 Å². The van der Waals surface area contributed by atoms with E-state index < -0.39 is 10.0 Å². The zero-order valence-electron chi connectivity index (χ0n) is 11.2. The molecule has 2 N–H and O–H groups in total. The Morgan fingerprint density at radius 1 is 1.19 bits per heavy atom. The normalized spacial score (nSPS) is 11.1. The third kappa shape index (κ3) is 3.18. The van der Waals surface area contributed by atoms with E-state index in [1.807, 2.05) is 0 Å². The Hall–Kier alpha value is -1.63. The van der Waals surface area contributed by atoms with Crippen molar-refractivity contribution in [3.05, 3.63) is 59.1 Å². The largest absolute Gasteiger partial charge is 0.389 e. The number of nitrogens with zero attached hydrogens (tertiary/aromatic N) is 1. The number of para-hydroxylation sites is 1. The van der Waals surface area contributed by atoms with Gasteiger partial charge in [-0.05, 0) is 30.3 Å². The predicted molar refractivity (Wildman–Crippen MR) is 89.4 cm³/mol. The molecular formula is C14H13ClN2O2S2. The van der Waals surface area contributed by atoms with Crippen LogP contribution in [0.3, 0.4) is 0 Å². The van der Waals surface area contributed by atoms with Crippen molar-refractivity contribution in [3.63, 3.8) is 0 Å². The van der Waals surface area contributed by atoms with E-state index in [1.165, 1.54) is 19.2 Å². The van der Waals surface area contributed by atoms with Gasteiger partial charge in [0.1, 0.15) is 4.99 Å². The van der Waals surface area contributed by atoms with Crippen LogP contribution in [0.1, 0.15) is 5.56 Å². The van der Waals surface area contributed by atoms with Crippen molar-refractivity contribution in [2.24, 2.45) is 5.73 Å². The molecule has 4 nitrogen and oxygen atoms in total. The van der Waals surface area contributed by atoms with Crippen LogP contribution in [0.5, 0.6) is 0 Å². The van der Waals surface area contributed by atoms with E-state index in [4.69, 9.17) is 29.6 Å².